The molecule has 0 bridgehead atoms. The summed E-state index contributed by atoms with van der Waals surface area (Å²) in [6.07, 6.45) is 0.991. The summed E-state index contributed by atoms with van der Waals surface area (Å²) in [6, 6.07) is 4.02. The quantitative estimate of drug-likeness (QED) is 0.747. The Morgan fingerprint density at radius 2 is 2.13 bits per heavy atom. The lowest BCUT2D eigenvalue weighted by atomic mass is 10.1. The summed E-state index contributed by atoms with van der Waals surface area (Å²) in [5.74, 6) is -2.64. The van der Waals surface area contributed by atoms with Gasteiger partial charge in [0.2, 0.25) is 0 Å². The van der Waals surface area contributed by atoms with E-state index in [1.54, 1.807) is 0 Å². The fourth-order valence-electron chi connectivity index (χ4n) is 1.41. The lowest BCUT2D eigenvalue weighted by Crippen LogP contribution is -2.00. The smallest absolute Gasteiger partial charge is 0.340 e. The van der Waals surface area contributed by atoms with Crippen molar-refractivity contribution in [3.05, 3.63) is 35.8 Å². The Morgan fingerprint density at radius 3 is 2.80 bits per heavy atom. The average molecular weight is 207 g/mol. The van der Waals surface area contributed by atoms with Crippen LogP contribution in [0.5, 0.6) is 5.75 Å². The molecule has 0 spiro atoms. The van der Waals surface area contributed by atoms with Crippen LogP contribution < -0.4 is 0 Å². The normalized spacial score (nSPS) is 10.5. The maximum absolute atomic E-state index is 13.4. The number of rotatable bonds is 1. The third-order valence-electron chi connectivity index (χ3n) is 2.04. The molecule has 0 saturated heterocycles. The minimum Gasteiger partial charge on any atom is -0.505 e. The van der Waals surface area contributed by atoms with Crippen LogP contribution in [0.3, 0.4) is 0 Å². The molecule has 1 aromatic carbocycles. The molecule has 2 aromatic rings. The molecule has 0 unspecified atom stereocenters. The molecule has 0 aliphatic heterocycles. The van der Waals surface area contributed by atoms with Gasteiger partial charge in [-0.3, -0.25) is 4.98 Å². The Kier molecular flexibility index (Phi) is 2.00. The number of aromatic nitrogens is 1. The second kappa shape index (κ2) is 3.20. The van der Waals surface area contributed by atoms with E-state index in [9.17, 15) is 14.3 Å². The first kappa shape index (κ1) is 9.39. The number of pyridine rings is 1. The number of aromatic carboxylic acids is 1. The van der Waals surface area contributed by atoms with E-state index in [0.29, 0.717) is 0 Å². The topological polar surface area (TPSA) is 70.4 Å². The van der Waals surface area contributed by atoms with Gasteiger partial charge >= 0.3 is 5.97 Å². The molecule has 76 valence electrons. The maximum Gasteiger partial charge on any atom is 0.340 e. The molecule has 0 aliphatic carbocycles. The van der Waals surface area contributed by atoms with Crippen molar-refractivity contribution in [2.24, 2.45) is 0 Å². The highest BCUT2D eigenvalue weighted by atomic mass is 19.1. The molecule has 0 fully saturated rings. The van der Waals surface area contributed by atoms with Gasteiger partial charge in [0.15, 0.2) is 0 Å². The maximum atomic E-state index is 13.4. The SMILES string of the molecule is O=C(O)c1c(O)cnc2cccc(F)c12. The van der Waals surface area contributed by atoms with Gasteiger partial charge in [-0.05, 0) is 12.1 Å². The summed E-state index contributed by atoms with van der Waals surface area (Å²) in [7, 11) is 0. The molecule has 0 aliphatic rings. The Balaban J connectivity index is 2.97. The molecular formula is C10H6FNO3. The average Bonchev–Trinajstić information content (AvgIpc) is 2.18. The van der Waals surface area contributed by atoms with Gasteiger partial charge in [0.1, 0.15) is 17.1 Å². The summed E-state index contributed by atoms with van der Waals surface area (Å²) in [4.78, 5) is 14.6. The molecule has 1 heterocycles. The summed E-state index contributed by atoms with van der Waals surface area (Å²) in [5, 5.41) is 18.0. The van der Waals surface area contributed by atoms with Gasteiger partial charge in [-0.25, -0.2) is 9.18 Å². The van der Waals surface area contributed by atoms with Crippen molar-refractivity contribution in [1.82, 2.24) is 4.98 Å². The van der Waals surface area contributed by atoms with E-state index < -0.39 is 23.1 Å². The number of carboxylic acids is 1. The Labute approximate surface area is 83.6 Å². The highest BCUT2D eigenvalue weighted by Gasteiger charge is 2.17. The van der Waals surface area contributed by atoms with Crippen LogP contribution in [-0.4, -0.2) is 21.2 Å². The highest BCUT2D eigenvalue weighted by Crippen LogP contribution is 2.27. The minimum atomic E-state index is -1.38. The van der Waals surface area contributed by atoms with E-state index in [0.717, 1.165) is 12.3 Å². The van der Waals surface area contributed by atoms with Crippen LogP contribution in [-0.2, 0) is 0 Å². The van der Waals surface area contributed by atoms with Gasteiger partial charge in [-0.2, -0.15) is 0 Å². The lowest BCUT2D eigenvalue weighted by molar-refractivity contribution is 0.0695. The van der Waals surface area contributed by atoms with E-state index in [1.807, 2.05) is 0 Å². The Bertz CT molecular complexity index is 554. The first-order chi connectivity index (χ1) is 7.11. The number of fused-ring (bicyclic) bond motifs is 1. The minimum absolute atomic E-state index is 0.176. The van der Waals surface area contributed by atoms with Crippen molar-refractivity contribution < 1.29 is 19.4 Å². The van der Waals surface area contributed by atoms with E-state index in [1.165, 1.54) is 12.1 Å². The monoisotopic (exact) mass is 207 g/mol. The van der Waals surface area contributed by atoms with Crippen molar-refractivity contribution in [2.75, 3.05) is 0 Å². The first-order valence-electron chi connectivity index (χ1n) is 4.10. The van der Waals surface area contributed by atoms with Crippen LogP contribution in [0.2, 0.25) is 0 Å². The summed E-state index contributed by atoms with van der Waals surface area (Å²) in [5.41, 5.74) is -0.261. The predicted molar refractivity (Wildman–Crippen MR) is 50.3 cm³/mol. The van der Waals surface area contributed by atoms with Crippen LogP contribution >= 0.6 is 0 Å². The van der Waals surface area contributed by atoms with Gasteiger partial charge in [0.25, 0.3) is 0 Å². The van der Waals surface area contributed by atoms with Crippen molar-refractivity contribution in [3.8, 4) is 5.75 Å². The molecule has 4 nitrogen and oxygen atoms in total. The molecule has 0 atom stereocenters. The van der Waals surface area contributed by atoms with Crippen molar-refractivity contribution in [1.29, 1.82) is 0 Å². The number of carboxylic acid groups (broad SMARTS) is 1. The van der Waals surface area contributed by atoms with Crippen LogP contribution in [0.4, 0.5) is 4.39 Å². The van der Waals surface area contributed by atoms with Gasteiger partial charge < -0.3 is 10.2 Å². The Morgan fingerprint density at radius 1 is 1.40 bits per heavy atom. The van der Waals surface area contributed by atoms with Gasteiger partial charge in [-0.1, -0.05) is 6.07 Å². The fraction of sp³-hybridized carbons (Fsp3) is 0. The number of hydrogen-bond donors (Lipinski definition) is 2. The molecule has 2 rings (SSSR count). The zero-order chi connectivity index (χ0) is 11.0. The van der Waals surface area contributed by atoms with Crippen LogP contribution in [0, 0.1) is 5.82 Å². The molecular weight excluding hydrogens is 201 g/mol. The summed E-state index contributed by atoms with van der Waals surface area (Å²) < 4.78 is 13.4. The number of nitrogens with zero attached hydrogens (tertiary/aromatic N) is 1. The molecule has 0 amide bonds. The zero-order valence-corrected chi connectivity index (χ0v) is 7.44. The van der Waals surface area contributed by atoms with E-state index >= 15 is 0 Å². The van der Waals surface area contributed by atoms with Crippen LogP contribution in [0.25, 0.3) is 10.9 Å². The predicted octanol–water partition coefficient (Wildman–Crippen LogP) is 1.78. The molecule has 2 N–H and O–H groups in total. The van der Waals surface area contributed by atoms with Crippen molar-refractivity contribution >= 4 is 16.9 Å². The van der Waals surface area contributed by atoms with Crippen molar-refractivity contribution in [2.45, 2.75) is 0 Å². The fourth-order valence-corrected chi connectivity index (χ4v) is 1.41. The first-order valence-corrected chi connectivity index (χ1v) is 4.10. The number of hydrogen-bond acceptors (Lipinski definition) is 3. The third kappa shape index (κ3) is 1.38. The number of benzene rings is 1. The highest BCUT2D eigenvalue weighted by molar-refractivity contribution is 6.04. The Hall–Kier alpha value is -2.17. The van der Waals surface area contributed by atoms with Crippen LogP contribution in [0.15, 0.2) is 24.4 Å². The molecule has 0 radical (unpaired) electrons. The summed E-state index contributed by atoms with van der Waals surface area (Å²) in [6.45, 7) is 0. The lowest BCUT2D eigenvalue weighted by Gasteiger charge is -2.04. The molecule has 1 aromatic heterocycles. The van der Waals surface area contributed by atoms with Gasteiger partial charge in [-0.15, -0.1) is 0 Å². The molecule has 15 heavy (non-hydrogen) atoms. The molecule has 5 heteroatoms. The van der Waals surface area contributed by atoms with Gasteiger partial charge in [0.05, 0.1) is 17.1 Å². The second-order valence-electron chi connectivity index (χ2n) is 2.96. The zero-order valence-electron chi connectivity index (χ0n) is 7.44. The summed E-state index contributed by atoms with van der Waals surface area (Å²) >= 11 is 0. The largest absolute Gasteiger partial charge is 0.505 e. The number of carbonyl (C=O) groups is 1. The van der Waals surface area contributed by atoms with E-state index in [-0.39, 0.29) is 10.9 Å². The standard InChI is InChI=1S/C10H6FNO3/c11-5-2-1-3-6-8(5)9(10(14)15)7(13)4-12-6/h1-4,13H,(H,14,15). The van der Waals surface area contributed by atoms with Crippen LogP contribution in [0.1, 0.15) is 10.4 Å². The number of halogens is 1. The molecule has 0 saturated carbocycles. The number of aromatic hydroxyl groups is 1. The van der Waals surface area contributed by atoms with E-state index in [2.05, 4.69) is 4.98 Å². The van der Waals surface area contributed by atoms with E-state index in [4.69, 9.17) is 5.11 Å². The second-order valence-corrected chi connectivity index (χ2v) is 2.96. The van der Waals surface area contributed by atoms with Crippen molar-refractivity contribution in [3.63, 3.8) is 0 Å². The van der Waals surface area contributed by atoms with Gasteiger partial charge in [0, 0.05) is 0 Å². The third-order valence-corrected chi connectivity index (χ3v) is 2.04.